The van der Waals surface area contributed by atoms with E-state index < -0.39 is 25.0 Å². The van der Waals surface area contributed by atoms with Crippen molar-refractivity contribution in [3.63, 3.8) is 0 Å². The van der Waals surface area contributed by atoms with Gasteiger partial charge in [-0.1, -0.05) is 31.2 Å². The number of amides is 2. The molecule has 0 unspecified atom stereocenters. The van der Waals surface area contributed by atoms with E-state index in [2.05, 4.69) is 10.3 Å². The number of aliphatic imine (C=N–C) groups is 1. The number of rotatable bonds is 7. The summed E-state index contributed by atoms with van der Waals surface area (Å²) in [5, 5.41) is 2.79. The first-order valence-electron chi connectivity index (χ1n) is 10.6. The molecule has 0 aromatic heterocycles. The molecule has 6 nitrogen and oxygen atoms in total. The molecule has 2 amide bonds. The molecular formula is C24H25F3N4O2. The van der Waals surface area contributed by atoms with Crippen molar-refractivity contribution in [2.45, 2.75) is 32.4 Å². The summed E-state index contributed by atoms with van der Waals surface area (Å²) in [6.07, 6.45) is -3.32. The molecule has 0 aliphatic carbocycles. The number of hydrogen-bond donors (Lipinski definition) is 2. The molecule has 1 aliphatic heterocycles. The van der Waals surface area contributed by atoms with Crippen molar-refractivity contribution < 1.29 is 22.8 Å². The van der Waals surface area contributed by atoms with Gasteiger partial charge in [-0.2, -0.15) is 13.2 Å². The maximum atomic E-state index is 13.0. The van der Waals surface area contributed by atoms with Crippen LogP contribution >= 0.6 is 0 Å². The van der Waals surface area contributed by atoms with Gasteiger partial charge in [0.15, 0.2) is 0 Å². The monoisotopic (exact) mass is 458 g/mol. The first kappa shape index (κ1) is 24.0. The number of halogens is 3. The molecule has 1 aliphatic rings. The molecule has 3 rings (SSSR count). The van der Waals surface area contributed by atoms with Gasteiger partial charge in [0.1, 0.15) is 5.84 Å². The Labute approximate surface area is 190 Å². The average Bonchev–Trinajstić information content (AvgIpc) is 2.93. The van der Waals surface area contributed by atoms with E-state index in [1.165, 1.54) is 4.90 Å². The smallest absolute Gasteiger partial charge is 0.387 e. The zero-order valence-electron chi connectivity index (χ0n) is 18.2. The highest BCUT2D eigenvalue weighted by Gasteiger charge is 2.30. The van der Waals surface area contributed by atoms with E-state index in [4.69, 9.17) is 5.73 Å². The van der Waals surface area contributed by atoms with Crippen molar-refractivity contribution in [1.82, 2.24) is 4.90 Å². The number of alkyl halides is 3. The molecule has 0 radical (unpaired) electrons. The van der Waals surface area contributed by atoms with Crippen molar-refractivity contribution in [1.29, 1.82) is 0 Å². The van der Waals surface area contributed by atoms with E-state index in [1.807, 2.05) is 6.07 Å². The normalized spacial score (nSPS) is 13.3. The van der Waals surface area contributed by atoms with E-state index >= 15 is 0 Å². The van der Waals surface area contributed by atoms with Crippen molar-refractivity contribution in [2.75, 3.05) is 18.4 Å². The van der Waals surface area contributed by atoms with Gasteiger partial charge in [-0.3, -0.25) is 9.59 Å². The van der Waals surface area contributed by atoms with Crippen LogP contribution in [0.5, 0.6) is 0 Å². The number of carbonyl (C=O) groups is 2. The molecule has 174 valence electrons. The summed E-state index contributed by atoms with van der Waals surface area (Å²) in [6, 6.07) is 13.8. The van der Waals surface area contributed by atoms with Crippen LogP contribution in [0.15, 0.2) is 59.1 Å². The Bertz CT molecular complexity index is 1080. The van der Waals surface area contributed by atoms with E-state index in [0.29, 0.717) is 28.9 Å². The predicted molar refractivity (Wildman–Crippen MR) is 122 cm³/mol. The van der Waals surface area contributed by atoms with Gasteiger partial charge in [0.25, 0.3) is 5.91 Å². The van der Waals surface area contributed by atoms with Gasteiger partial charge in [0, 0.05) is 41.9 Å². The molecule has 1 heterocycles. The Morgan fingerprint density at radius 3 is 2.52 bits per heavy atom. The number of nitrogens with two attached hydrogens (primary N) is 1. The molecule has 0 fully saturated rings. The summed E-state index contributed by atoms with van der Waals surface area (Å²) in [7, 11) is 0. The zero-order valence-corrected chi connectivity index (χ0v) is 18.2. The first-order chi connectivity index (χ1) is 15.7. The fourth-order valence-electron chi connectivity index (χ4n) is 3.44. The van der Waals surface area contributed by atoms with Gasteiger partial charge in [0.2, 0.25) is 5.91 Å². The van der Waals surface area contributed by atoms with Crippen LogP contribution in [0, 0.1) is 0 Å². The van der Waals surface area contributed by atoms with Crippen molar-refractivity contribution in [3.05, 3.63) is 65.2 Å². The van der Waals surface area contributed by atoms with E-state index in [1.54, 1.807) is 55.5 Å². The third kappa shape index (κ3) is 6.68. The van der Waals surface area contributed by atoms with Crippen LogP contribution < -0.4 is 11.1 Å². The van der Waals surface area contributed by atoms with Gasteiger partial charge < -0.3 is 16.0 Å². The van der Waals surface area contributed by atoms with Crippen LogP contribution in [-0.2, 0) is 4.79 Å². The SMILES string of the molecule is CCCN(CCC(F)(F)F)C(=O)C1=Cc2ccc(C(=O)Nc3ccccc3)cc2N=C(N)C1. The van der Waals surface area contributed by atoms with Crippen LogP contribution in [0.1, 0.15) is 42.1 Å². The number of para-hydroxylation sites is 1. The standard InChI is InChI=1S/C24H25F3N4O2/c1-2-11-31(12-10-24(25,26)27)23(33)18-13-16-8-9-17(14-20(16)30-21(28)15-18)22(32)29-19-6-4-3-5-7-19/h3-9,13-14H,2,10-12,15H2,1H3,(H2,28,30)(H,29,32). The molecule has 0 spiro atoms. The molecule has 0 atom stereocenters. The fourth-order valence-corrected chi connectivity index (χ4v) is 3.44. The number of amidine groups is 1. The molecule has 2 aromatic rings. The summed E-state index contributed by atoms with van der Waals surface area (Å²) in [5.74, 6) is -0.692. The van der Waals surface area contributed by atoms with Crippen LogP contribution in [0.4, 0.5) is 24.5 Å². The molecule has 0 saturated carbocycles. The van der Waals surface area contributed by atoms with Gasteiger partial charge in [-0.25, -0.2) is 4.99 Å². The van der Waals surface area contributed by atoms with Gasteiger partial charge in [-0.15, -0.1) is 0 Å². The fraction of sp³-hybridized carbons (Fsp3) is 0.292. The summed E-state index contributed by atoms with van der Waals surface area (Å²) in [6.45, 7) is 1.58. The molecule has 33 heavy (non-hydrogen) atoms. The minimum atomic E-state index is -4.35. The summed E-state index contributed by atoms with van der Waals surface area (Å²) in [4.78, 5) is 31.1. The van der Waals surface area contributed by atoms with Gasteiger partial charge >= 0.3 is 6.18 Å². The second kappa shape index (κ2) is 10.3. The van der Waals surface area contributed by atoms with Crippen molar-refractivity contribution in [3.8, 4) is 0 Å². The molecular weight excluding hydrogens is 433 g/mol. The largest absolute Gasteiger partial charge is 0.390 e. The third-order valence-corrected chi connectivity index (χ3v) is 5.01. The molecule has 3 N–H and O–H groups in total. The summed E-state index contributed by atoms with van der Waals surface area (Å²) < 4.78 is 38.1. The minimum Gasteiger partial charge on any atom is -0.387 e. The number of nitrogens with zero attached hydrogens (tertiary/aromatic N) is 2. The lowest BCUT2D eigenvalue weighted by Gasteiger charge is -2.24. The minimum absolute atomic E-state index is 0.00525. The Hall–Kier alpha value is -3.62. The van der Waals surface area contributed by atoms with E-state index in [0.717, 1.165) is 0 Å². The van der Waals surface area contributed by atoms with Crippen molar-refractivity contribution >= 4 is 35.1 Å². The van der Waals surface area contributed by atoms with Gasteiger partial charge in [0.05, 0.1) is 12.1 Å². The van der Waals surface area contributed by atoms with Gasteiger partial charge in [-0.05, 0) is 36.8 Å². The van der Waals surface area contributed by atoms with Crippen LogP contribution in [0.25, 0.3) is 6.08 Å². The van der Waals surface area contributed by atoms with Crippen LogP contribution in [0.2, 0.25) is 0 Å². The maximum Gasteiger partial charge on any atom is 0.390 e. The van der Waals surface area contributed by atoms with Crippen LogP contribution in [-0.4, -0.2) is 41.8 Å². The number of fused-ring (bicyclic) bond motifs is 1. The van der Waals surface area contributed by atoms with E-state index in [9.17, 15) is 22.8 Å². The topological polar surface area (TPSA) is 87.8 Å². The van der Waals surface area contributed by atoms with E-state index in [-0.39, 0.29) is 30.3 Å². The van der Waals surface area contributed by atoms with Crippen molar-refractivity contribution in [2.24, 2.45) is 10.7 Å². The Balaban J connectivity index is 1.84. The second-order valence-corrected chi connectivity index (χ2v) is 7.70. The lowest BCUT2D eigenvalue weighted by Crippen LogP contribution is -2.36. The molecule has 9 heteroatoms. The summed E-state index contributed by atoms with van der Waals surface area (Å²) >= 11 is 0. The lowest BCUT2D eigenvalue weighted by molar-refractivity contribution is -0.143. The molecule has 2 aromatic carbocycles. The highest BCUT2D eigenvalue weighted by molar-refractivity contribution is 6.07. The first-order valence-corrected chi connectivity index (χ1v) is 10.6. The Morgan fingerprint density at radius 2 is 1.85 bits per heavy atom. The third-order valence-electron chi connectivity index (χ3n) is 5.01. The summed E-state index contributed by atoms with van der Waals surface area (Å²) in [5.41, 5.74) is 8.23. The molecule has 0 bridgehead atoms. The Kier molecular flexibility index (Phi) is 7.52. The number of anilines is 1. The predicted octanol–water partition coefficient (Wildman–Crippen LogP) is 4.91. The highest BCUT2D eigenvalue weighted by Crippen LogP contribution is 2.29. The lowest BCUT2D eigenvalue weighted by atomic mass is 10.0. The number of nitrogens with one attached hydrogen (secondary N) is 1. The average molecular weight is 458 g/mol. The number of hydrogen-bond acceptors (Lipinski definition) is 4. The second-order valence-electron chi connectivity index (χ2n) is 7.70. The number of benzene rings is 2. The highest BCUT2D eigenvalue weighted by atomic mass is 19.4. The molecule has 0 saturated heterocycles. The van der Waals surface area contributed by atoms with Crippen LogP contribution in [0.3, 0.4) is 0 Å². The Morgan fingerprint density at radius 1 is 1.12 bits per heavy atom. The number of carbonyl (C=O) groups excluding carboxylic acids is 2. The zero-order chi connectivity index (χ0) is 24.0. The quantitative estimate of drug-likeness (QED) is 0.618. The maximum absolute atomic E-state index is 13.0.